The van der Waals surface area contributed by atoms with E-state index in [9.17, 15) is 0 Å². The summed E-state index contributed by atoms with van der Waals surface area (Å²) in [6.45, 7) is 22.2. The van der Waals surface area contributed by atoms with E-state index in [1.165, 1.54) is 0 Å². The SMILES string of the molecule is C=CCOCCOc1ccccc1-c1cc(C(C)(c2ccc(-c3ccccc3)cc2)c2ccc(OCCOCC=C)c(-c3ccccc3OCCOCC=C)c2)ccc1OCCOCC=C. The van der Waals surface area contributed by atoms with E-state index < -0.39 is 5.41 Å². The van der Waals surface area contributed by atoms with Crippen molar-refractivity contribution >= 4 is 0 Å². The van der Waals surface area contributed by atoms with Crippen LogP contribution >= 0.6 is 0 Å². The lowest BCUT2D eigenvalue weighted by molar-refractivity contribution is 0.120. The molecule has 0 saturated carbocycles. The van der Waals surface area contributed by atoms with Crippen LogP contribution in [0.25, 0.3) is 33.4 Å². The minimum atomic E-state index is -0.724. The fourth-order valence-electron chi connectivity index (χ4n) is 7.62. The number of ether oxygens (including phenoxy) is 8. The van der Waals surface area contributed by atoms with Gasteiger partial charge in [-0.25, -0.2) is 0 Å². The molecule has 0 N–H and O–H groups in total. The van der Waals surface area contributed by atoms with Crippen LogP contribution in [0.5, 0.6) is 23.0 Å². The fourth-order valence-corrected chi connectivity index (χ4v) is 7.62. The van der Waals surface area contributed by atoms with Crippen LogP contribution in [0, 0.1) is 0 Å². The Morgan fingerprint density at radius 2 is 0.682 bits per heavy atom. The molecule has 0 saturated heterocycles. The first kappa shape index (κ1) is 48.8. The highest BCUT2D eigenvalue weighted by Gasteiger charge is 2.34. The van der Waals surface area contributed by atoms with Crippen LogP contribution < -0.4 is 18.9 Å². The molecule has 0 aliphatic rings. The van der Waals surface area contributed by atoms with E-state index in [-0.39, 0.29) is 0 Å². The summed E-state index contributed by atoms with van der Waals surface area (Å²) in [6, 6.07) is 48.2. The zero-order valence-corrected chi connectivity index (χ0v) is 38.2. The maximum Gasteiger partial charge on any atom is 0.127 e. The summed E-state index contributed by atoms with van der Waals surface area (Å²) in [4.78, 5) is 0. The van der Waals surface area contributed by atoms with Crippen molar-refractivity contribution in [3.63, 3.8) is 0 Å². The number of hydrogen-bond donors (Lipinski definition) is 0. The van der Waals surface area contributed by atoms with Gasteiger partial charge in [-0.1, -0.05) is 127 Å². The van der Waals surface area contributed by atoms with E-state index in [1.807, 2.05) is 42.5 Å². The third-order valence-corrected chi connectivity index (χ3v) is 10.9. The summed E-state index contributed by atoms with van der Waals surface area (Å²) in [6.07, 6.45) is 6.92. The predicted octanol–water partition coefficient (Wildman–Crippen LogP) is 12.4. The van der Waals surface area contributed by atoms with Gasteiger partial charge in [0.15, 0.2) is 0 Å². The van der Waals surface area contributed by atoms with Crippen molar-refractivity contribution in [2.75, 3.05) is 79.3 Å². The zero-order valence-electron chi connectivity index (χ0n) is 38.2. The second-order valence-electron chi connectivity index (χ2n) is 15.3. The van der Waals surface area contributed by atoms with Crippen LogP contribution in [0.2, 0.25) is 0 Å². The molecule has 0 aromatic heterocycles. The molecule has 6 rings (SSSR count). The van der Waals surface area contributed by atoms with E-state index in [1.54, 1.807) is 24.3 Å². The van der Waals surface area contributed by atoms with Crippen molar-refractivity contribution in [2.24, 2.45) is 0 Å². The Bertz CT molecular complexity index is 2310. The van der Waals surface area contributed by atoms with Gasteiger partial charge in [-0.2, -0.15) is 0 Å². The molecule has 6 aromatic carbocycles. The number of rotatable bonds is 30. The van der Waals surface area contributed by atoms with Gasteiger partial charge in [-0.3, -0.25) is 0 Å². The average Bonchev–Trinajstić information content (AvgIpc) is 3.36. The molecule has 0 atom stereocenters. The molecule has 0 fully saturated rings. The van der Waals surface area contributed by atoms with Gasteiger partial charge in [0.05, 0.1) is 52.9 Å². The smallest absolute Gasteiger partial charge is 0.127 e. The first-order valence-corrected chi connectivity index (χ1v) is 22.4. The molecule has 0 radical (unpaired) electrons. The molecular formula is C58H62O8. The van der Waals surface area contributed by atoms with Gasteiger partial charge in [-0.05, 0) is 71.1 Å². The first-order chi connectivity index (χ1) is 32.5. The molecule has 0 unspecified atom stereocenters. The van der Waals surface area contributed by atoms with Crippen LogP contribution in [0.1, 0.15) is 23.6 Å². The van der Waals surface area contributed by atoms with E-state index in [2.05, 4.69) is 130 Å². The molecule has 6 aromatic rings. The minimum absolute atomic E-state index is 0.349. The average molecular weight is 887 g/mol. The van der Waals surface area contributed by atoms with Crippen LogP contribution in [0.4, 0.5) is 0 Å². The van der Waals surface area contributed by atoms with Crippen LogP contribution in [0.15, 0.2) is 190 Å². The summed E-state index contributed by atoms with van der Waals surface area (Å²) in [5, 5.41) is 0. The molecule has 0 aliphatic heterocycles. The molecule has 0 spiro atoms. The Kier molecular flexibility index (Phi) is 19.5. The maximum atomic E-state index is 6.51. The van der Waals surface area contributed by atoms with E-state index in [4.69, 9.17) is 37.9 Å². The van der Waals surface area contributed by atoms with Gasteiger partial charge in [0.25, 0.3) is 0 Å². The summed E-state index contributed by atoms with van der Waals surface area (Å²) in [5.41, 5.74) is 8.23. The van der Waals surface area contributed by atoms with Crippen molar-refractivity contribution in [1.29, 1.82) is 0 Å². The highest BCUT2D eigenvalue weighted by molar-refractivity contribution is 5.79. The van der Waals surface area contributed by atoms with Gasteiger partial charge in [0, 0.05) is 27.7 Å². The van der Waals surface area contributed by atoms with E-state index in [0.717, 1.165) is 50.1 Å². The number of hydrogen-bond acceptors (Lipinski definition) is 8. The lowest BCUT2D eigenvalue weighted by Gasteiger charge is -2.34. The third kappa shape index (κ3) is 13.2. The van der Waals surface area contributed by atoms with Crippen molar-refractivity contribution in [2.45, 2.75) is 12.3 Å². The zero-order chi connectivity index (χ0) is 46.2. The first-order valence-electron chi connectivity index (χ1n) is 22.4. The molecule has 342 valence electrons. The Morgan fingerprint density at radius 1 is 0.348 bits per heavy atom. The van der Waals surface area contributed by atoms with Gasteiger partial charge >= 0.3 is 0 Å². The van der Waals surface area contributed by atoms with Crippen molar-refractivity contribution in [1.82, 2.24) is 0 Å². The lowest BCUT2D eigenvalue weighted by Crippen LogP contribution is -2.26. The summed E-state index contributed by atoms with van der Waals surface area (Å²) in [7, 11) is 0. The van der Waals surface area contributed by atoms with Gasteiger partial charge in [0.1, 0.15) is 49.4 Å². The quantitative estimate of drug-likeness (QED) is 0.0252. The van der Waals surface area contributed by atoms with Crippen LogP contribution in [0.3, 0.4) is 0 Å². The molecular weight excluding hydrogens is 825 g/mol. The Labute approximate surface area is 391 Å². The molecule has 0 amide bonds. The highest BCUT2D eigenvalue weighted by atomic mass is 16.5. The van der Waals surface area contributed by atoms with Gasteiger partial charge in [0.2, 0.25) is 0 Å². The van der Waals surface area contributed by atoms with E-state index in [0.29, 0.717) is 102 Å². The normalized spacial score (nSPS) is 11.1. The summed E-state index contributed by atoms with van der Waals surface area (Å²) >= 11 is 0. The van der Waals surface area contributed by atoms with Crippen molar-refractivity contribution < 1.29 is 37.9 Å². The summed E-state index contributed by atoms with van der Waals surface area (Å²) in [5.74, 6) is 2.83. The van der Waals surface area contributed by atoms with Crippen molar-refractivity contribution in [3.05, 3.63) is 207 Å². The van der Waals surface area contributed by atoms with Gasteiger partial charge in [-0.15, -0.1) is 26.3 Å². The second-order valence-corrected chi connectivity index (χ2v) is 15.3. The fraction of sp³-hybridized carbons (Fsp3) is 0.241. The topological polar surface area (TPSA) is 73.8 Å². The minimum Gasteiger partial charge on any atom is -0.491 e. The standard InChI is InChI=1S/C58H62O8/c1-6-31-59-35-39-63-54-21-15-13-19-50(54)52-43-48(27-29-56(52)65-41-37-61-33-8-3)58(5,47-25-23-46(24-26-47)45-17-11-10-12-18-45)49-28-30-57(66-42-38-62-34-9-4)53(44-49)51-20-14-16-22-55(51)64-40-36-60-32-7-2/h6-30,43-44H,1-4,31-42H2,5H3. The predicted molar refractivity (Wildman–Crippen MR) is 267 cm³/mol. The highest BCUT2D eigenvalue weighted by Crippen LogP contribution is 2.47. The number of para-hydroxylation sites is 2. The largest absolute Gasteiger partial charge is 0.491 e. The lowest BCUT2D eigenvalue weighted by atomic mass is 9.70. The molecule has 0 aliphatic carbocycles. The molecule has 0 bridgehead atoms. The molecule has 8 nitrogen and oxygen atoms in total. The van der Waals surface area contributed by atoms with Crippen LogP contribution in [-0.2, 0) is 24.4 Å². The van der Waals surface area contributed by atoms with Crippen molar-refractivity contribution in [3.8, 4) is 56.4 Å². The monoisotopic (exact) mass is 886 g/mol. The maximum absolute atomic E-state index is 6.51. The van der Waals surface area contributed by atoms with Crippen LogP contribution in [-0.4, -0.2) is 79.3 Å². The molecule has 0 heterocycles. The Morgan fingerprint density at radius 3 is 1.08 bits per heavy atom. The van der Waals surface area contributed by atoms with E-state index >= 15 is 0 Å². The Hall–Kier alpha value is -6.68. The molecule has 8 heteroatoms. The Balaban J connectivity index is 1.52. The summed E-state index contributed by atoms with van der Waals surface area (Å²) < 4.78 is 48.5. The second kappa shape index (κ2) is 26.3. The van der Waals surface area contributed by atoms with Gasteiger partial charge < -0.3 is 37.9 Å². The number of benzene rings is 6. The third-order valence-electron chi connectivity index (χ3n) is 10.9. The molecule has 66 heavy (non-hydrogen) atoms.